The van der Waals surface area contributed by atoms with E-state index in [1.165, 1.54) is 0 Å². The summed E-state index contributed by atoms with van der Waals surface area (Å²) in [6, 6.07) is 9.03. The number of nitrogens with one attached hydrogen (secondary N) is 1. The van der Waals surface area contributed by atoms with Crippen LogP contribution in [-0.4, -0.2) is 35.7 Å². The van der Waals surface area contributed by atoms with E-state index in [2.05, 4.69) is 14.9 Å². The molecule has 3 amide bonds. The van der Waals surface area contributed by atoms with Gasteiger partial charge in [-0.15, -0.1) is 0 Å². The van der Waals surface area contributed by atoms with E-state index in [9.17, 15) is 19.2 Å². The van der Waals surface area contributed by atoms with Crippen LogP contribution in [0.2, 0.25) is 0 Å². The van der Waals surface area contributed by atoms with Crippen molar-refractivity contribution in [2.75, 3.05) is 6.73 Å². The van der Waals surface area contributed by atoms with Crippen molar-refractivity contribution < 1.29 is 28.8 Å². The van der Waals surface area contributed by atoms with Crippen molar-refractivity contribution in [1.29, 1.82) is 0 Å². The SMILES string of the molecule is O=C(Cc1ccccc1)NCOC(=O)ON1C(=O)CCC1=O. The number of amides is 3. The Labute approximate surface area is 125 Å². The summed E-state index contributed by atoms with van der Waals surface area (Å²) in [6.45, 7) is -0.416. The number of carbonyl (C=O) groups is 4. The van der Waals surface area contributed by atoms with Gasteiger partial charge in [-0.25, -0.2) is 4.79 Å². The van der Waals surface area contributed by atoms with Gasteiger partial charge in [0, 0.05) is 12.8 Å². The number of benzene rings is 1. The number of hydroxylamine groups is 2. The molecule has 1 saturated heterocycles. The smallest absolute Gasteiger partial charge is 0.411 e. The monoisotopic (exact) mass is 306 g/mol. The van der Waals surface area contributed by atoms with Gasteiger partial charge in [-0.3, -0.25) is 19.2 Å². The van der Waals surface area contributed by atoms with E-state index in [0.29, 0.717) is 5.06 Å². The molecular weight excluding hydrogens is 292 g/mol. The van der Waals surface area contributed by atoms with Crippen molar-refractivity contribution >= 4 is 23.9 Å². The molecule has 0 bridgehead atoms. The second kappa shape index (κ2) is 7.21. The van der Waals surface area contributed by atoms with E-state index in [1.54, 1.807) is 24.3 Å². The van der Waals surface area contributed by atoms with Gasteiger partial charge in [-0.05, 0) is 5.56 Å². The number of hydrogen-bond donors (Lipinski definition) is 1. The first-order valence-corrected chi connectivity index (χ1v) is 6.57. The molecule has 8 nitrogen and oxygen atoms in total. The maximum absolute atomic E-state index is 11.6. The Morgan fingerprint density at radius 3 is 2.36 bits per heavy atom. The van der Waals surface area contributed by atoms with Gasteiger partial charge in [-0.2, -0.15) is 0 Å². The molecule has 116 valence electrons. The summed E-state index contributed by atoms with van der Waals surface area (Å²) in [5, 5.41) is 2.73. The summed E-state index contributed by atoms with van der Waals surface area (Å²) in [5.74, 6) is -1.54. The summed E-state index contributed by atoms with van der Waals surface area (Å²) in [4.78, 5) is 49.7. The van der Waals surface area contributed by atoms with E-state index >= 15 is 0 Å². The lowest BCUT2D eigenvalue weighted by molar-refractivity contribution is -0.177. The van der Waals surface area contributed by atoms with Crippen molar-refractivity contribution in [2.24, 2.45) is 0 Å². The van der Waals surface area contributed by atoms with Crippen LogP contribution in [0.15, 0.2) is 30.3 Å². The first kappa shape index (κ1) is 15.5. The highest BCUT2D eigenvalue weighted by Gasteiger charge is 2.33. The van der Waals surface area contributed by atoms with Gasteiger partial charge in [-0.1, -0.05) is 35.4 Å². The molecule has 0 radical (unpaired) electrons. The molecule has 1 aromatic carbocycles. The highest BCUT2D eigenvalue weighted by molar-refractivity contribution is 6.01. The zero-order chi connectivity index (χ0) is 15.9. The lowest BCUT2D eigenvalue weighted by atomic mass is 10.1. The molecule has 1 fully saturated rings. The second-order valence-electron chi connectivity index (χ2n) is 4.47. The third-order valence-electron chi connectivity index (χ3n) is 2.84. The Hall–Kier alpha value is -2.90. The van der Waals surface area contributed by atoms with Crippen LogP contribution in [0.25, 0.3) is 0 Å². The fourth-order valence-electron chi connectivity index (χ4n) is 1.78. The van der Waals surface area contributed by atoms with Gasteiger partial charge in [0.15, 0.2) is 6.73 Å². The molecule has 1 aliphatic heterocycles. The van der Waals surface area contributed by atoms with Crippen molar-refractivity contribution in [3.05, 3.63) is 35.9 Å². The summed E-state index contributed by atoms with van der Waals surface area (Å²) in [7, 11) is 0. The Morgan fingerprint density at radius 2 is 1.73 bits per heavy atom. The fourth-order valence-corrected chi connectivity index (χ4v) is 1.78. The minimum Gasteiger partial charge on any atom is -0.411 e. The number of imide groups is 1. The third-order valence-corrected chi connectivity index (χ3v) is 2.84. The molecule has 0 atom stereocenters. The zero-order valence-electron chi connectivity index (χ0n) is 11.6. The average molecular weight is 306 g/mol. The fraction of sp³-hybridized carbons (Fsp3) is 0.286. The van der Waals surface area contributed by atoms with Crippen LogP contribution < -0.4 is 5.32 Å². The van der Waals surface area contributed by atoms with E-state index < -0.39 is 24.7 Å². The van der Waals surface area contributed by atoms with E-state index in [-0.39, 0.29) is 25.2 Å². The summed E-state index contributed by atoms with van der Waals surface area (Å²) in [5.41, 5.74) is 0.816. The minimum atomic E-state index is -1.23. The number of carbonyl (C=O) groups excluding carboxylic acids is 4. The predicted octanol–water partition coefficient (Wildman–Crippen LogP) is 0.520. The first-order valence-electron chi connectivity index (χ1n) is 6.57. The number of ether oxygens (including phenoxy) is 1. The molecule has 0 unspecified atom stereocenters. The predicted molar refractivity (Wildman–Crippen MR) is 71.8 cm³/mol. The number of hydrogen-bond acceptors (Lipinski definition) is 6. The van der Waals surface area contributed by atoms with Crippen LogP contribution in [-0.2, 0) is 30.4 Å². The second-order valence-corrected chi connectivity index (χ2v) is 4.47. The normalized spacial score (nSPS) is 13.9. The maximum atomic E-state index is 11.6. The van der Waals surface area contributed by atoms with E-state index in [1.807, 2.05) is 6.07 Å². The molecule has 0 aromatic heterocycles. The van der Waals surface area contributed by atoms with Crippen LogP contribution in [0.5, 0.6) is 0 Å². The van der Waals surface area contributed by atoms with Crippen LogP contribution in [0, 0.1) is 0 Å². The molecule has 1 aliphatic rings. The Bertz CT molecular complexity index is 570. The Balaban J connectivity index is 1.67. The maximum Gasteiger partial charge on any atom is 0.535 e. The quantitative estimate of drug-likeness (QED) is 0.483. The van der Waals surface area contributed by atoms with Crippen molar-refractivity contribution in [2.45, 2.75) is 19.3 Å². The minimum absolute atomic E-state index is 0.0000745. The van der Waals surface area contributed by atoms with Gasteiger partial charge in [0.25, 0.3) is 11.8 Å². The van der Waals surface area contributed by atoms with E-state index in [4.69, 9.17) is 0 Å². The van der Waals surface area contributed by atoms with Crippen molar-refractivity contribution in [3.8, 4) is 0 Å². The Kier molecular flexibility index (Phi) is 5.07. The molecule has 0 saturated carbocycles. The van der Waals surface area contributed by atoms with Gasteiger partial charge >= 0.3 is 6.16 Å². The molecule has 8 heteroatoms. The van der Waals surface area contributed by atoms with Crippen molar-refractivity contribution in [3.63, 3.8) is 0 Å². The lowest BCUT2D eigenvalue weighted by Gasteiger charge is -2.12. The average Bonchev–Trinajstić information content (AvgIpc) is 2.80. The largest absolute Gasteiger partial charge is 0.535 e. The topological polar surface area (TPSA) is 102 Å². The molecular formula is C14H14N2O6. The van der Waals surface area contributed by atoms with Crippen molar-refractivity contribution in [1.82, 2.24) is 10.4 Å². The van der Waals surface area contributed by atoms with Crippen LogP contribution in [0.3, 0.4) is 0 Å². The molecule has 1 aromatic rings. The highest BCUT2D eigenvalue weighted by atomic mass is 16.8. The number of rotatable bonds is 5. The number of nitrogens with zero attached hydrogens (tertiary/aromatic N) is 1. The summed E-state index contributed by atoms with van der Waals surface area (Å²) < 4.78 is 4.57. The standard InChI is InChI=1S/C14H14N2O6/c17-11(8-10-4-2-1-3-5-10)15-9-21-14(20)22-16-12(18)6-7-13(16)19/h1-5H,6-9H2,(H,15,17). The summed E-state index contributed by atoms with van der Waals surface area (Å²) >= 11 is 0. The van der Waals surface area contributed by atoms with E-state index in [0.717, 1.165) is 5.56 Å². The first-order chi connectivity index (χ1) is 10.6. The molecule has 0 spiro atoms. The zero-order valence-corrected chi connectivity index (χ0v) is 11.6. The van der Waals surface area contributed by atoms with Crippen LogP contribution in [0.4, 0.5) is 4.79 Å². The molecule has 0 aliphatic carbocycles. The van der Waals surface area contributed by atoms with Crippen LogP contribution in [0.1, 0.15) is 18.4 Å². The highest BCUT2D eigenvalue weighted by Crippen LogP contribution is 2.12. The molecule has 22 heavy (non-hydrogen) atoms. The van der Waals surface area contributed by atoms with Gasteiger partial charge < -0.3 is 10.1 Å². The molecule has 2 rings (SSSR count). The van der Waals surface area contributed by atoms with Gasteiger partial charge in [0.1, 0.15) is 0 Å². The molecule has 1 N–H and O–H groups in total. The summed E-state index contributed by atoms with van der Waals surface area (Å²) in [6.07, 6.45) is -1.09. The Morgan fingerprint density at radius 1 is 1.09 bits per heavy atom. The third kappa shape index (κ3) is 4.30. The molecule has 1 heterocycles. The lowest BCUT2D eigenvalue weighted by Crippen LogP contribution is -2.34. The van der Waals surface area contributed by atoms with Gasteiger partial charge in [0.2, 0.25) is 5.91 Å². The van der Waals surface area contributed by atoms with Crippen LogP contribution >= 0.6 is 0 Å². The van der Waals surface area contributed by atoms with Gasteiger partial charge in [0.05, 0.1) is 6.42 Å².